The van der Waals surface area contributed by atoms with Crippen LogP contribution < -0.4 is 10.6 Å². The molecule has 5 heteroatoms. The molecule has 0 spiro atoms. The van der Waals surface area contributed by atoms with Gasteiger partial charge in [-0.3, -0.25) is 14.9 Å². The second kappa shape index (κ2) is 7.22. The third-order valence-electron chi connectivity index (χ3n) is 2.59. The maximum absolute atomic E-state index is 11.4. The summed E-state index contributed by atoms with van der Waals surface area (Å²) in [5.41, 5.74) is 0. The van der Waals surface area contributed by atoms with Crippen molar-refractivity contribution in [1.82, 2.24) is 10.6 Å². The summed E-state index contributed by atoms with van der Waals surface area (Å²) in [5, 5.41) is 5.61. The Bertz CT molecular complexity index is 243. The second-order valence-electron chi connectivity index (χ2n) is 4.03. The minimum atomic E-state index is -0.374. The fraction of sp³-hybridized carbons (Fsp3) is 0.818. The quantitative estimate of drug-likeness (QED) is 0.594. The number of rotatable bonds is 0. The van der Waals surface area contributed by atoms with Crippen LogP contribution in [0.15, 0.2) is 0 Å². The predicted octanol–water partition coefficient (Wildman–Crippen LogP) is 0.545. The first-order valence-corrected chi connectivity index (χ1v) is 5.87. The molecule has 0 saturated carbocycles. The molecule has 1 atom stereocenters. The van der Waals surface area contributed by atoms with Crippen molar-refractivity contribution in [2.75, 3.05) is 13.3 Å². The van der Waals surface area contributed by atoms with Crippen LogP contribution in [0.25, 0.3) is 0 Å². The minimum absolute atomic E-state index is 0.0346. The number of amides is 1. The van der Waals surface area contributed by atoms with Crippen molar-refractivity contribution in [3.8, 4) is 0 Å². The van der Waals surface area contributed by atoms with Crippen LogP contribution in [-0.2, 0) is 14.3 Å². The lowest BCUT2D eigenvalue weighted by Crippen LogP contribution is -2.42. The SMILES string of the molecule is CC1NCNC(=O)CCCCCCOC1=O. The van der Waals surface area contributed by atoms with Crippen LogP contribution in [0.3, 0.4) is 0 Å². The monoisotopic (exact) mass is 228 g/mol. The average Bonchev–Trinajstić information content (AvgIpc) is 2.27. The summed E-state index contributed by atoms with van der Waals surface area (Å²) in [5.74, 6) is -0.221. The molecule has 92 valence electrons. The number of hydrogen-bond donors (Lipinski definition) is 2. The molecular formula is C11H20N2O3. The van der Waals surface area contributed by atoms with Crippen LogP contribution in [0.1, 0.15) is 39.0 Å². The van der Waals surface area contributed by atoms with E-state index in [0.29, 0.717) is 19.7 Å². The smallest absolute Gasteiger partial charge is 0.322 e. The van der Waals surface area contributed by atoms with Crippen LogP contribution in [0.4, 0.5) is 0 Å². The third kappa shape index (κ3) is 5.11. The Balaban J connectivity index is 2.38. The van der Waals surface area contributed by atoms with Gasteiger partial charge in [-0.2, -0.15) is 0 Å². The average molecular weight is 228 g/mol. The maximum Gasteiger partial charge on any atom is 0.322 e. The third-order valence-corrected chi connectivity index (χ3v) is 2.59. The molecule has 1 heterocycles. The van der Waals surface area contributed by atoms with Crippen molar-refractivity contribution in [3.05, 3.63) is 0 Å². The van der Waals surface area contributed by atoms with E-state index in [-0.39, 0.29) is 17.9 Å². The van der Waals surface area contributed by atoms with Crippen molar-refractivity contribution in [3.63, 3.8) is 0 Å². The summed E-state index contributed by atoms with van der Waals surface area (Å²) in [6.07, 6.45) is 4.34. The van der Waals surface area contributed by atoms with Crippen LogP contribution in [0.5, 0.6) is 0 Å². The lowest BCUT2D eigenvalue weighted by molar-refractivity contribution is -0.146. The van der Waals surface area contributed by atoms with Crippen molar-refractivity contribution in [2.24, 2.45) is 0 Å². The number of esters is 1. The normalized spacial score (nSPS) is 25.7. The highest BCUT2D eigenvalue weighted by Crippen LogP contribution is 2.04. The molecule has 1 unspecified atom stereocenters. The van der Waals surface area contributed by atoms with E-state index in [4.69, 9.17) is 4.74 Å². The molecule has 0 aromatic carbocycles. The first-order chi connectivity index (χ1) is 7.70. The summed E-state index contributed by atoms with van der Waals surface area (Å²) in [7, 11) is 0. The van der Waals surface area contributed by atoms with E-state index in [2.05, 4.69) is 10.6 Å². The Labute approximate surface area is 95.9 Å². The van der Waals surface area contributed by atoms with Crippen LogP contribution in [0.2, 0.25) is 0 Å². The van der Waals surface area contributed by atoms with Gasteiger partial charge in [-0.05, 0) is 19.8 Å². The zero-order chi connectivity index (χ0) is 11.8. The van der Waals surface area contributed by atoms with E-state index in [1.54, 1.807) is 6.92 Å². The molecule has 16 heavy (non-hydrogen) atoms. The zero-order valence-corrected chi connectivity index (χ0v) is 9.75. The van der Waals surface area contributed by atoms with Gasteiger partial charge in [0.05, 0.1) is 13.3 Å². The van der Waals surface area contributed by atoms with Gasteiger partial charge in [0.2, 0.25) is 5.91 Å². The molecule has 0 radical (unpaired) electrons. The zero-order valence-electron chi connectivity index (χ0n) is 9.75. The van der Waals surface area contributed by atoms with Crippen molar-refractivity contribution < 1.29 is 14.3 Å². The summed E-state index contributed by atoms with van der Waals surface area (Å²) >= 11 is 0. The molecule has 1 saturated heterocycles. The highest BCUT2D eigenvalue weighted by atomic mass is 16.5. The van der Waals surface area contributed by atoms with Gasteiger partial charge in [-0.1, -0.05) is 12.8 Å². The van der Waals surface area contributed by atoms with E-state index < -0.39 is 0 Å². The molecule has 5 nitrogen and oxygen atoms in total. The molecule has 0 aromatic heterocycles. The molecule has 0 aromatic rings. The first-order valence-electron chi connectivity index (χ1n) is 5.87. The maximum atomic E-state index is 11.4. The fourth-order valence-electron chi connectivity index (χ4n) is 1.51. The molecule has 2 N–H and O–H groups in total. The largest absolute Gasteiger partial charge is 0.465 e. The first kappa shape index (κ1) is 13.0. The lowest BCUT2D eigenvalue weighted by atomic mass is 10.1. The van der Waals surface area contributed by atoms with Gasteiger partial charge in [0.25, 0.3) is 0 Å². The van der Waals surface area contributed by atoms with Gasteiger partial charge in [-0.25, -0.2) is 0 Å². The summed E-state index contributed by atoms with van der Waals surface area (Å²) in [6.45, 7) is 2.52. The number of nitrogens with one attached hydrogen (secondary N) is 2. The molecule has 1 aliphatic rings. The van der Waals surface area contributed by atoms with Gasteiger partial charge in [0.1, 0.15) is 6.04 Å². The van der Waals surface area contributed by atoms with E-state index in [0.717, 1.165) is 25.7 Å². The Kier molecular flexibility index (Phi) is 5.85. The molecule has 0 aliphatic carbocycles. The van der Waals surface area contributed by atoms with E-state index in [1.165, 1.54) is 0 Å². The summed E-state index contributed by atoms with van der Waals surface area (Å²) < 4.78 is 5.08. The number of carbonyl (C=O) groups is 2. The van der Waals surface area contributed by atoms with Crippen molar-refractivity contribution in [2.45, 2.75) is 45.1 Å². The number of ether oxygens (including phenoxy) is 1. The van der Waals surface area contributed by atoms with E-state index in [9.17, 15) is 9.59 Å². The van der Waals surface area contributed by atoms with E-state index in [1.807, 2.05) is 0 Å². The fourth-order valence-corrected chi connectivity index (χ4v) is 1.51. The molecule has 1 amide bonds. The van der Waals surface area contributed by atoms with Gasteiger partial charge < -0.3 is 10.1 Å². The van der Waals surface area contributed by atoms with Gasteiger partial charge in [-0.15, -0.1) is 0 Å². The predicted molar refractivity (Wildman–Crippen MR) is 59.7 cm³/mol. The Morgan fingerprint density at radius 2 is 1.94 bits per heavy atom. The van der Waals surface area contributed by atoms with Crippen LogP contribution in [0, 0.1) is 0 Å². The number of carbonyl (C=O) groups excluding carboxylic acids is 2. The van der Waals surface area contributed by atoms with Crippen molar-refractivity contribution >= 4 is 11.9 Å². The lowest BCUT2D eigenvalue weighted by Gasteiger charge is -2.13. The van der Waals surface area contributed by atoms with E-state index >= 15 is 0 Å². The molecule has 0 bridgehead atoms. The highest BCUT2D eigenvalue weighted by Gasteiger charge is 2.13. The van der Waals surface area contributed by atoms with Gasteiger partial charge in [0, 0.05) is 6.42 Å². The molecular weight excluding hydrogens is 208 g/mol. The van der Waals surface area contributed by atoms with Gasteiger partial charge in [0.15, 0.2) is 0 Å². The summed E-state index contributed by atoms with van der Waals surface area (Å²) in [4.78, 5) is 22.7. The topological polar surface area (TPSA) is 67.4 Å². The second-order valence-corrected chi connectivity index (χ2v) is 4.03. The summed E-state index contributed by atoms with van der Waals surface area (Å²) in [6, 6.07) is -0.374. The number of cyclic esters (lactones) is 1. The molecule has 1 rings (SSSR count). The van der Waals surface area contributed by atoms with Gasteiger partial charge >= 0.3 is 5.97 Å². The minimum Gasteiger partial charge on any atom is -0.465 e. The number of hydrogen-bond acceptors (Lipinski definition) is 4. The Hall–Kier alpha value is -1.10. The Morgan fingerprint density at radius 3 is 2.75 bits per heavy atom. The highest BCUT2D eigenvalue weighted by molar-refractivity contribution is 5.76. The van der Waals surface area contributed by atoms with Crippen molar-refractivity contribution in [1.29, 1.82) is 0 Å². The molecule has 1 fully saturated rings. The molecule has 1 aliphatic heterocycles. The standard InChI is InChI=1S/C11H20N2O3/c1-9-11(15)16-7-5-3-2-4-6-10(14)13-8-12-9/h9,12H,2-8H2,1H3,(H,13,14). The Morgan fingerprint density at radius 1 is 1.19 bits per heavy atom. The van der Waals surface area contributed by atoms with Crippen LogP contribution in [-0.4, -0.2) is 31.2 Å². The van der Waals surface area contributed by atoms with Crippen LogP contribution >= 0.6 is 0 Å².